The molecule has 0 aliphatic heterocycles. The molecule has 0 aliphatic carbocycles. The summed E-state index contributed by atoms with van der Waals surface area (Å²) in [5, 5.41) is 0.712. The molecule has 86 valence electrons. The van der Waals surface area contributed by atoms with Gasteiger partial charge in [0.25, 0.3) is 5.92 Å². The van der Waals surface area contributed by atoms with Crippen LogP contribution in [0.2, 0.25) is 0 Å². The SMILES string of the molecule is COc1ccc2cc(C(F)(F)CN)[nH]c2c1. The number of fused-ring (bicyclic) bond motifs is 1. The van der Waals surface area contributed by atoms with Crippen molar-refractivity contribution in [2.24, 2.45) is 5.73 Å². The highest BCUT2D eigenvalue weighted by molar-refractivity contribution is 5.82. The highest BCUT2D eigenvalue weighted by atomic mass is 19.3. The number of hydrogen-bond acceptors (Lipinski definition) is 2. The first-order valence-electron chi connectivity index (χ1n) is 4.82. The summed E-state index contributed by atoms with van der Waals surface area (Å²) < 4.78 is 31.6. The molecule has 5 heteroatoms. The Balaban J connectivity index is 2.52. The van der Waals surface area contributed by atoms with E-state index in [0.717, 1.165) is 0 Å². The lowest BCUT2D eigenvalue weighted by Crippen LogP contribution is -2.25. The van der Waals surface area contributed by atoms with Crippen LogP contribution < -0.4 is 10.5 Å². The van der Waals surface area contributed by atoms with Gasteiger partial charge < -0.3 is 15.5 Å². The molecule has 0 fully saturated rings. The minimum absolute atomic E-state index is 0.168. The van der Waals surface area contributed by atoms with Crippen molar-refractivity contribution in [1.82, 2.24) is 4.98 Å². The summed E-state index contributed by atoms with van der Waals surface area (Å²) in [6.07, 6.45) is 0. The van der Waals surface area contributed by atoms with E-state index in [1.807, 2.05) is 0 Å². The predicted octanol–water partition coefficient (Wildman–Crippen LogP) is 2.23. The number of aromatic nitrogens is 1. The van der Waals surface area contributed by atoms with Crippen LogP contribution >= 0.6 is 0 Å². The lowest BCUT2D eigenvalue weighted by molar-refractivity contribution is 0.00213. The fraction of sp³-hybridized carbons (Fsp3) is 0.273. The normalized spacial score (nSPS) is 12.0. The van der Waals surface area contributed by atoms with E-state index in [0.29, 0.717) is 16.7 Å². The van der Waals surface area contributed by atoms with E-state index < -0.39 is 12.5 Å². The first-order chi connectivity index (χ1) is 7.56. The molecule has 16 heavy (non-hydrogen) atoms. The van der Waals surface area contributed by atoms with E-state index in [4.69, 9.17) is 10.5 Å². The summed E-state index contributed by atoms with van der Waals surface area (Å²) in [5.74, 6) is -2.40. The van der Waals surface area contributed by atoms with E-state index in [9.17, 15) is 8.78 Å². The van der Waals surface area contributed by atoms with Crippen molar-refractivity contribution in [1.29, 1.82) is 0 Å². The Morgan fingerprint density at radius 1 is 1.38 bits per heavy atom. The van der Waals surface area contributed by atoms with Crippen molar-refractivity contribution in [3.05, 3.63) is 30.0 Å². The molecule has 3 N–H and O–H groups in total. The Morgan fingerprint density at radius 3 is 2.75 bits per heavy atom. The van der Waals surface area contributed by atoms with Crippen molar-refractivity contribution in [2.75, 3.05) is 13.7 Å². The molecule has 0 radical (unpaired) electrons. The molecule has 0 unspecified atom stereocenters. The Hall–Kier alpha value is -1.62. The summed E-state index contributed by atoms with van der Waals surface area (Å²) in [4.78, 5) is 2.65. The molecule has 0 atom stereocenters. The number of hydrogen-bond donors (Lipinski definition) is 2. The number of halogens is 2. The first kappa shape index (κ1) is 10.9. The number of nitrogens with two attached hydrogens (primary N) is 1. The van der Waals surface area contributed by atoms with Crippen LogP contribution in [0.4, 0.5) is 8.78 Å². The lowest BCUT2D eigenvalue weighted by atomic mass is 10.2. The Morgan fingerprint density at radius 2 is 2.12 bits per heavy atom. The number of alkyl halides is 2. The maximum absolute atomic E-state index is 13.3. The van der Waals surface area contributed by atoms with Crippen molar-refractivity contribution in [3.63, 3.8) is 0 Å². The molecular weight excluding hydrogens is 214 g/mol. The van der Waals surface area contributed by atoms with E-state index in [-0.39, 0.29) is 5.69 Å². The largest absolute Gasteiger partial charge is 0.497 e. The molecule has 2 rings (SSSR count). The van der Waals surface area contributed by atoms with Crippen LogP contribution in [0, 0.1) is 0 Å². The summed E-state index contributed by atoms with van der Waals surface area (Å²) in [6, 6.07) is 6.52. The van der Waals surface area contributed by atoms with Crippen LogP contribution in [-0.2, 0) is 5.92 Å². The van der Waals surface area contributed by atoms with Crippen molar-refractivity contribution in [3.8, 4) is 5.75 Å². The maximum Gasteiger partial charge on any atom is 0.299 e. The van der Waals surface area contributed by atoms with Crippen LogP contribution in [0.1, 0.15) is 5.69 Å². The Kier molecular flexibility index (Phi) is 2.55. The number of ether oxygens (including phenoxy) is 1. The highest BCUT2D eigenvalue weighted by Crippen LogP contribution is 2.30. The fourth-order valence-corrected chi connectivity index (χ4v) is 1.54. The predicted molar refractivity (Wildman–Crippen MR) is 57.8 cm³/mol. The third-order valence-electron chi connectivity index (χ3n) is 2.48. The second-order valence-electron chi connectivity index (χ2n) is 3.54. The van der Waals surface area contributed by atoms with Crippen LogP contribution in [0.3, 0.4) is 0 Å². The number of nitrogens with one attached hydrogen (secondary N) is 1. The van der Waals surface area contributed by atoms with Gasteiger partial charge in [0.15, 0.2) is 0 Å². The van der Waals surface area contributed by atoms with Gasteiger partial charge in [-0.3, -0.25) is 0 Å². The van der Waals surface area contributed by atoms with Crippen molar-refractivity contribution >= 4 is 10.9 Å². The minimum atomic E-state index is -3.02. The second-order valence-corrected chi connectivity index (χ2v) is 3.54. The number of aromatic amines is 1. The number of benzene rings is 1. The standard InChI is InChI=1S/C11H12F2N2O/c1-16-8-3-2-7-4-10(11(12,13)6-14)15-9(7)5-8/h2-5,15H,6,14H2,1H3. The van der Waals surface area contributed by atoms with Gasteiger partial charge in [0.1, 0.15) is 5.75 Å². The Bertz CT molecular complexity index is 508. The van der Waals surface area contributed by atoms with Crippen LogP contribution in [-0.4, -0.2) is 18.6 Å². The number of methoxy groups -OCH3 is 1. The number of rotatable bonds is 3. The van der Waals surface area contributed by atoms with Gasteiger partial charge in [-0.15, -0.1) is 0 Å². The quantitative estimate of drug-likeness (QED) is 0.843. The van der Waals surface area contributed by atoms with Crippen molar-refractivity contribution in [2.45, 2.75) is 5.92 Å². The van der Waals surface area contributed by atoms with Gasteiger partial charge in [-0.2, -0.15) is 8.78 Å². The first-order valence-corrected chi connectivity index (χ1v) is 4.82. The zero-order chi connectivity index (χ0) is 11.8. The maximum atomic E-state index is 13.3. The summed E-state index contributed by atoms with van der Waals surface area (Å²) >= 11 is 0. The molecule has 0 spiro atoms. The molecule has 0 saturated heterocycles. The van der Waals surface area contributed by atoms with Gasteiger partial charge in [-0.1, -0.05) is 0 Å². The third-order valence-corrected chi connectivity index (χ3v) is 2.48. The van der Waals surface area contributed by atoms with Crippen LogP contribution in [0.5, 0.6) is 5.75 Å². The molecular formula is C11H12F2N2O. The van der Waals surface area contributed by atoms with E-state index in [1.165, 1.54) is 13.2 Å². The van der Waals surface area contributed by atoms with Gasteiger partial charge in [-0.05, 0) is 18.2 Å². The number of H-pyrrole nitrogens is 1. The molecule has 1 aromatic carbocycles. The molecule has 1 aromatic heterocycles. The van der Waals surface area contributed by atoms with Gasteiger partial charge in [0.05, 0.1) is 19.3 Å². The molecule has 3 nitrogen and oxygen atoms in total. The Labute approximate surface area is 91.2 Å². The molecule has 0 amide bonds. The molecule has 0 bridgehead atoms. The highest BCUT2D eigenvalue weighted by Gasteiger charge is 2.31. The summed E-state index contributed by atoms with van der Waals surface area (Å²) in [7, 11) is 1.53. The minimum Gasteiger partial charge on any atom is -0.497 e. The summed E-state index contributed by atoms with van der Waals surface area (Å²) in [6.45, 7) is -0.711. The second kappa shape index (κ2) is 3.75. The monoisotopic (exact) mass is 226 g/mol. The lowest BCUT2D eigenvalue weighted by Gasteiger charge is -2.10. The molecule has 2 aromatic rings. The van der Waals surface area contributed by atoms with Crippen LogP contribution in [0.15, 0.2) is 24.3 Å². The topological polar surface area (TPSA) is 51.0 Å². The van der Waals surface area contributed by atoms with Gasteiger partial charge in [0.2, 0.25) is 0 Å². The summed E-state index contributed by atoms with van der Waals surface area (Å²) in [5.41, 5.74) is 5.47. The molecule has 0 saturated carbocycles. The van der Waals surface area contributed by atoms with Gasteiger partial charge >= 0.3 is 0 Å². The van der Waals surface area contributed by atoms with Gasteiger partial charge in [-0.25, -0.2) is 0 Å². The van der Waals surface area contributed by atoms with Crippen LogP contribution in [0.25, 0.3) is 10.9 Å². The van der Waals surface area contributed by atoms with E-state index >= 15 is 0 Å². The van der Waals surface area contributed by atoms with E-state index in [1.54, 1.807) is 18.2 Å². The van der Waals surface area contributed by atoms with Gasteiger partial charge in [0, 0.05) is 17.0 Å². The van der Waals surface area contributed by atoms with Crippen molar-refractivity contribution < 1.29 is 13.5 Å². The zero-order valence-electron chi connectivity index (χ0n) is 8.76. The molecule has 1 heterocycles. The average Bonchev–Trinajstić information content (AvgIpc) is 2.72. The fourth-order valence-electron chi connectivity index (χ4n) is 1.54. The third kappa shape index (κ3) is 1.74. The van der Waals surface area contributed by atoms with E-state index in [2.05, 4.69) is 4.98 Å². The molecule has 0 aliphatic rings. The smallest absolute Gasteiger partial charge is 0.299 e. The zero-order valence-corrected chi connectivity index (χ0v) is 8.76. The average molecular weight is 226 g/mol.